The highest BCUT2D eigenvalue weighted by Gasteiger charge is 2.26. The lowest BCUT2D eigenvalue weighted by atomic mass is 9.88. The summed E-state index contributed by atoms with van der Waals surface area (Å²) in [6, 6.07) is 9.21. The molecule has 1 fully saturated rings. The molecular formula is C16H25NOS. The summed E-state index contributed by atoms with van der Waals surface area (Å²) in [7, 11) is 0. The minimum Gasteiger partial charge on any atom is -0.381 e. The molecule has 2 unspecified atom stereocenters. The van der Waals surface area contributed by atoms with Crippen LogP contribution in [0.25, 0.3) is 0 Å². The zero-order valence-electron chi connectivity index (χ0n) is 12.0. The average molecular weight is 279 g/mol. The van der Waals surface area contributed by atoms with E-state index in [1.165, 1.54) is 29.7 Å². The van der Waals surface area contributed by atoms with Gasteiger partial charge in [-0.25, -0.2) is 0 Å². The van der Waals surface area contributed by atoms with Crippen LogP contribution >= 0.6 is 11.8 Å². The molecule has 2 rings (SSSR count). The summed E-state index contributed by atoms with van der Waals surface area (Å²) in [4.78, 5) is 1.39. The molecule has 0 aliphatic carbocycles. The Labute approximate surface area is 121 Å². The lowest BCUT2D eigenvalue weighted by Crippen LogP contribution is -2.34. The second-order valence-corrected chi connectivity index (χ2v) is 6.00. The van der Waals surface area contributed by atoms with Gasteiger partial charge in [0, 0.05) is 23.5 Å². The second kappa shape index (κ2) is 7.93. The van der Waals surface area contributed by atoms with Crippen LogP contribution in [0.2, 0.25) is 0 Å². The van der Waals surface area contributed by atoms with E-state index in [9.17, 15) is 0 Å². The van der Waals surface area contributed by atoms with Gasteiger partial charge in [-0.2, -0.15) is 0 Å². The first-order valence-corrected chi connectivity index (χ1v) is 8.53. The van der Waals surface area contributed by atoms with Crippen LogP contribution in [-0.4, -0.2) is 26.0 Å². The molecule has 0 radical (unpaired) electrons. The topological polar surface area (TPSA) is 21.3 Å². The number of thioether (sulfide) groups is 1. The number of rotatable bonds is 6. The molecule has 1 aliphatic rings. The molecule has 0 aromatic heterocycles. The molecule has 2 atom stereocenters. The van der Waals surface area contributed by atoms with Crippen molar-refractivity contribution in [3.8, 4) is 0 Å². The van der Waals surface area contributed by atoms with Crippen molar-refractivity contribution in [1.82, 2.24) is 5.32 Å². The Morgan fingerprint density at radius 3 is 2.95 bits per heavy atom. The fourth-order valence-electron chi connectivity index (χ4n) is 2.78. The zero-order chi connectivity index (χ0) is 13.5. The molecular weight excluding hydrogens is 254 g/mol. The maximum atomic E-state index is 5.69. The van der Waals surface area contributed by atoms with Crippen molar-refractivity contribution in [3.63, 3.8) is 0 Å². The van der Waals surface area contributed by atoms with Crippen LogP contribution in [0.15, 0.2) is 29.2 Å². The van der Waals surface area contributed by atoms with Crippen LogP contribution in [0.5, 0.6) is 0 Å². The molecule has 1 saturated heterocycles. The van der Waals surface area contributed by atoms with Crippen molar-refractivity contribution >= 4 is 11.8 Å². The van der Waals surface area contributed by atoms with Crippen LogP contribution in [-0.2, 0) is 4.74 Å². The molecule has 0 spiro atoms. The molecule has 106 valence electrons. The highest BCUT2D eigenvalue weighted by molar-refractivity contribution is 7.98. The summed E-state index contributed by atoms with van der Waals surface area (Å²) >= 11 is 1.84. The number of nitrogens with one attached hydrogen (secondary N) is 1. The van der Waals surface area contributed by atoms with Gasteiger partial charge in [-0.1, -0.05) is 25.1 Å². The Bertz CT molecular complexity index is 377. The Morgan fingerprint density at radius 1 is 1.42 bits per heavy atom. The van der Waals surface area contributed by atoms with E-state index in [2.05, 4.69) is 42.8 Å². The largest absolute Gasteiger partial charge is 0.381 e. The summed E-state index contributed by atoms with van der Waals surface area (Å²) in [5.74, 6) is 0.605. The van der Waals surface area contributed by atoms with Crippen LogP contribution < -0.4 is 5.32 Å². The van der Waals surface area contributed by atoms with Gasteiger partial charge in [0.15, 0.2) is 0 Å². The molecule has 19 heavy (non-hydrogen) atoms. The number of ether oxygens (including phenoxy) is 1. The maximum Gasteiger partial charge on any atom is 0.0512 e. The van der Waals surface area contributed by atoms with Gasteiger partial charge in [0.1, 0.15) is 0 Å². The monoisotopic (exact) mass is 279 g/mol. The Balaban J connectivity index is 2.19. The lowest BCUT2D eigenvalue weighted by Gasteiger charge is -2.32. The Hall–Kier alpha value is -0.510. The third-order valence-corrected chi connectivity index (χ3v) is 4.57. The molecule has 1 aromatic rings. The third kappa shape index (κ3) is 3.98. The van der Waals surface area contributed by atoms with Gasteiger partial charge in [-0.3, -0.25) is 0 Å². The average Bonchev–Trinajstić information content (AvgIpc) is 2.49. The molecule has 3 heteroatoms. The van der Waals surface area contributed by atoms with Crippen LogP contribution in [0, 0.1) is 5.92 Å². The molecule has 2 nitrogen and oxygen atoms in total. The number of hydrogen-bond acceptors (Lipinski definition) is 3. The van der Waals surface area contributed by atoms with Gasteiger partial charge in [-0.05, 0) is 43.7 Å². The van der Waals surface area contributed by atoms with Crippen LogP contribution in [0.3, 0.4) is 0 Å². The van der Waals surface area contributed by atoms with E-state index in [1.807, 2.05) is 11.8 Å². The van der Waals surface area contributed by atoms with Crippen LogP contribution in [0.4, 0.5) is 0 Å². The van der Waals surface area contributed by atoms with Crippen molar-refractivity contribution in [3.05, 3.63) is 29.8 Å². The van der Waals surface area contributed by atoms with Gasteiger partial charge in [0.05, 0.1) is 6.61 Å². The molecule has 1 aromatic carbocycles. The number of benzene rings is 1. The van der Waals surface area contributed by atoms with Gasteiger partial charge in [-0.15, -0.1) is 11.8 Å². The maximum absolute atomic E-state index is 5.69. The van der Waals surface area contributed by atoms with E-state index in [0.717, 1.165) is 19.8 Å². The highest BCUT2D eigenvalue weighted by atomic mass is 32.2. The first kappa shape index (κ1) is 14.9. The number of hydrogen-bond donors (Lipinski definition) is 1. The first-order chi connectivity index (χ1) is 9.36. The zero-order valence-corrected chi connectivity index (χ0v) is 12.8. The minimum absolute atomic E-state index is 0.434. The molecule has 1 heterocycles. The van der Waals surface area contributed by atoms with E-state index in [4.69, 9.17) is 4.74 Å². The van der Waals surface area contributed by atoms with Crippen molar-refractivity contribution in [2.45, 2.75) is 37.1 Å². The highest BCUT2D eigenvalue weighted by Crippen LogP contribution is 2.34. The van der Waals surface area contributed by atoms with Gasteiger partial charge < -0.3 is 10.1 Å². The molecule has 0 amide bonds. The fraction of sp³-hybridized carbons (Fsp3) is 0.625. The van der Waals surface area contributed by atoms with Crippen molar-refractivity contribution < 1.29 is 4.74 Å². The predicted molar refractivity (Wildman–Crippen MR) is 82.8 cm³/mol. The SMILES string of the molecule is CCCNC(c1ccccc1SC)C1CCCOC1. The molecule has 0 bridgehead atoms. The molecule has 0 saturated carbocycles. The van der Waals surface area contributed by atoms with Crippen molar-refractivity contribution in [1.29, 1.82) is 0 Å². The van der Waals surface area contributed by atoms with Gasteiger partial charge in [0.25, 0.3) is 0 Å². The molecule has 1 aliphatic heterocycles. The van der Waals surface area contributed by atoms with E-state index in [0.29, 0.717) is 12.0 Å². The van der Waals surface area contributed by atoms with E-state index >= 15 is 0 Å². The standard InChI is InChI=1S/C16H25NOS/c1-3-10-17-16(13-7-6-11-18-12-13)14-8-4-5-9-15(14)19-2/h4-5,8-9,13,16-17H,3,6-7,10-12H2,1-2H3. The van der Waals surface area contributed by atoms with Gasteiger partial charge >= 0.3 is 0 Å². The van der Waals surface area contributed by atoms with E-state index in [1.54, 1.807) is 0 Å². The summed E-state index contributed by atoms with van der Waals surface area (Å²) in [5, 5.41) is 3.74. The summed E-state index contributed by atoms with van der Waals surface area (Å²) in [5.41, 5.74) is 1.44. The first-order valence-electron chi connectivity index (χ1n) is 7.30. The normalized spacial score (nSPS) is 21.3. The van der Waals surface area contributed by atoms with Gasteiger partial charge in [0.2, 0.25) is 0 Å². The third-order valence-electron chi connectivity index (χ3n) is 3.76. The second-order valence-electron chi connectivity index (χ2n) is 5.15. The van der Waals surface area contributed by atoms with E-state index in [-0.39, 0.29) is 0 Å². The molecule has 1 N–H and O–H groups in total. The van der Waals surface area contributed by atoms with Crippen molar-refractivity contribution in [2.75, 3.05) is 26.0 Å². The fourth-order valence-corrected chi connectivity index (χ4v) is 3.43. The predicted octanol–water partition coefficient (Wildman–Crippen LogP) is 3.88. The van der Waals surface area contributed by atoms with Crippen LogP contribution in [0.1, 0.15) is 37.8 Å². The van der Waals surface area contributed by atoms with E-state index < -0.39 is 0 Å². The summed E-state index contributed by atoms with van der Waals surface area (Å²) in [6.07, 6.45) is 5.79. The Morgan fingerprint density at radius 2 is 2.26 bits per heavy atom. The quantitative estimate of drug-likeness (QED) is 0.799. The minimum atomic E-state index is 0.434. The van der Waals surface area contributed by atoms with Crippen molar-refractivity contribution in [2.24, 2.45) is 5.92 Å². The summed E-state index contributed by atoms with van der Waals surface area (Å²) < 4.78 is 5.69. The Kier molecular flexibility index (Phi) is 6.21. The summed E-state index contributed by atoms with van der Waals surface area (Å²) in [6.45, 7) is 5.12. The lowest BCUT2D eigenvalue weighted by molar-refractivity contribution is 0.0386. The smallest absolute Gasteiger partial charge is 0.0512 e.